The van der Waals surface area contributed by atoms with Crippen LogP contribution in [0.3, 0.4) is 0 Å². The Morgan fingerprint density at radius 1 is 1.24 bits per heavy atom. The van der Waals surface area contributed by atoms with Crippen LogP contribution in [0.15, 0.2) is 42.5 Å². The molecular weight excluding hydrogens is 282 g/mol. The number of thiocarbonyl (C=S) groups is 1. The maximum Gasteiger partial charge on any atom is 0.161 e. The van der Waals surface area contributed by atoms with Gasteiger partial charge in [-0.2, -0.15) is 0 Å². The number of methoxy groups -OCH3 is 1. The van der Waals surface area contributed by atoms with Gasteiger partial charge in [-0.25, -0.2) is 0 Å². The number of benzene rings is 2. The highest BCUT2D eigenvalue weighted by atomic mass is 32.1. The third-order valence-corrected chi connectivity index (χ3v) is 4.09. The van der Waals surface area contributed by atoms with Crippen LogP contribution < -0.4 is 15.2 Å². The van der Waals surface area contributed by atoms with E-state index in [9.17, 15) is 0 Å². The molecule has 2 N–H and O–H groups in total. The molecule has 3 nitrogen and oxygen atoms in total. The number of rotatable bonds is 5. The van der Waals surface area contributed by atoms with Crippen LogP contribution in [0.4, 0.5) is 0 Å². The normalized spacial score (nSPS) is 15.8. The Balaban J connectivity index is 1.70. The number of hydrogen-bond donors (Lipinski definition) is 1. The lowest BCUT2D eigenvalue weighted by Crippen LogP contribution is -2.23. The fourth-order valence-corrected chi connectivity index (χ4v) is 2.77. The number of hydrogen-bond acceptors (Lipinski definition) is 3. The summed E-state index contributed by atoms with van der Waals surface area (Å²) in [6.07, 6.45) is 1.07. The summed E-state index contributed by atoms with van der Waals surface area (Å²) in [4.78, 5) is 0.354. The Bertz CT molecular complexity index is 684. The molecule has 2 aromatic rings. The minimum Gasteiger partial charge on any atom is -0.493 e. The van der Waals surface area contributed by atoms with Crippen molar-refractivity contribution in [3.8, 4) is 11.5 Å². The van der Waals surface area contributed by atoms with E-state index in [1.54, 1.807) is 7.11 Å². The van der Waals surface area contributed by atoms with Gasteiger partial charge in [0, 0.05) is 11.5 Å². The SMILES string of the molecule is COc1cc(C(N)=S)ccc1OCC1Cc2ccccc21. The highest BCUT2D eigenvalue weighted by Gasteiger charge is 2.26. The zero-order valence-corrected chi connectivity index (χ0v) is 12.7. The molecule has 1 aliphatic rings. The minimum absolute atomic E-state index is 0.354. The van der Waals surface area contributed by atoms with Gasteiger partial charge in [-0.1, -0.05) is 36.5 Å². The third kappa shape index (κ3) is 2.72. The number of ether oxygens (including phenoxy) is 2. The molecule has 0 amide bonds. The summed E-state index contributed by atoms with van der Waals surface area (Å²) in [6, 6.07) is 14.0. The van der Waals surface area contributed by atoms with Crippen molar-refractivity contribution in [2.45, 2.75) is 12.3 Å². The van der Waals surface area contributed by atoms with Gasteiger partial charge in [-0.15, -0.1) is 0 Å². The molecule has 3 rings (SSSR count). The van der Waals surface area contributed by atoms with E-state index >= 15 is 0 Å². The molecule has 0 spiro atoms. The van der Waals surface area contributed by atoms with E-state index < -0.39 is 0 Å². The van der Waals surface area contributed by atoms with Gasteiger partial charge in [-0.05, 0) is 35.7 Å². The second-order valence-electron chi connectivity index (χ2n) is 5.14. The van der Waals surface area contributed by atoms with Crippen LogP contribution in [0.25, 0.3) is 0 Å². The van der Waals surface area contributed by atoms with Gasteiger partial charge >= 0.3 is 0 Å². The van der Waals surface area contributed by atoms with Crippen molar-refractivity contribution in [1.29, 1.82) is 0 Å². The molecule has 1 unspecified atom stereocenters. The van der Waals surface area contributed by atoms with Gasteiger partial charge in [0.2, 0.25) is 0 Å². The Labute approximate surface area is 129 Å². The fraction of sp³-hybridized carbons (Fsp3) is 0.235. The Morgan fingerprint density at radius 3 is 2.76 bits per heavy atom. The Morgan fingerprint density at radius 2 is 2.05 bits per heavy atom. The Kier molecular flexibility index (Phi) is 3.80. The molecule has 21 heavy (non-hydrogen) atoms. The first-order valence-corrected chi connectivity index (χ1v) is 7.28. The van der Waals surface area contributed by atoms with Crippen molar-refractivity contribution in [3.05, 3.63) is 59.2 Å². The first-order valence-electron chi connectivity index (χ1n) is 6.87. The van der Waals surface area contributed by atoms with Crippen LogP contribution in [0.2, 0.25) is 0 Å². The number of fused-ring (bicyclic) bond motifs is 1. The fourth-order valence-electron chi connectivity index (χ4n) is 2.64. The largest absolute Gasteiger partial charge is 0.493 e. The van der Waals surface area contributed by atoms with E-state index in [4.69, 9.17) is 27.4 Å². The summed E-state index contributed by atoms with van der Waals surface area (Å²) < 4.78 is 11.3. The molecule has 0 radical (unpaired) electrons. The summed E-state index contributed by atoms with van der Waals surface area (Å²) in [5.41, 5.74) is 9.21. The molecule has 0 bridgehead atoms. The summed E-state index contributed by atoms with van der Waals surface area (Å²) in [7, 11) is 1.62. The Hall–Kier alpha value is -2.07. The topological polar surface area (TPSA) is 44.5 Å². The summed E-state index contributed by atoms with van der Waals surface area (Å²) >= 11 is 4.97. The van der Waals surface area contributed by atoms with Gasteiger partial charge in [0.1, 0.15) is 4.99 Å². The molecule has 2 aromatic carbocycles. The van der Waals surface area contributed by atoms with E-state index in [2.05, 4.69) is 24.3 Å². The lowest BCUT2D eigenvalue weighted by molar-refractivity contribution is 0.261. The first kappa shape index (κ1) is 13.9. The summed E-state index contributed by atoms with van der Waals surface area (Å²) in [6.45, 7) is 0.653. The average molecular weight is 299 g/mol. The van der Waals surface area contributed by atoms with Crippen molar-refractivity contribution in [2.24, 2.45) is 5.73 Å². The first-order chi connectivity index (χ1) is 10.2. The minimum atomic E-state index is 0.354. The standard InChI is InChI=1S/C17H17NO2S/c1-19-16-9-12(17(18)21)6-7-15(16)20-10-13-8-11-4-2-3-5-14(11)13/h2-7,9,13H,8,10H2,1H3,(H2,18,21). The van der Waals surface area contributed by atoms with Gasteiger partial charge in [0.05, 0.1) is 13.7 Å². The van der Waals surface area contributed by atoms with Crippen molar-refractivity contribution in [3.63, 3.8) is 0 Å². The number of nitrogens with two attached hydrogens (primary N) is 1. The summed E-state index contributed by atoms with van der Waals surface area (Å²) in [5, 5.41) is 0. The molecule has 1 atom stereocenters. The van der Waals surface area contributed by atoms with Crippen LogP contribution >= 0.6 is 12.2 Å². The van der Waals surface area contributed by atoms with Crippen molar-refractivity contribution >= 4 is 17.2 Å². The van der Waals surface area contributed by atoms with E-state index in [-0.39, 0.29) is 0 Å². The lowest BCUT2D eigenvalue weighted by Gasteiger charge is -2.30. The van der Waals surface area contributed by atoms with Crippen LogP contribution in [-0.4, -0.2) is 18.7 Å². The summed E-state index contributed by atoms with van der Waals surface area (Å²) in [5.74, 6) is 1.84. The highest BCUT2D eigenvalue weighted by molar-refractivity contribution is 7.80. The molecule has 0 saturated carbocycles. The predicted molar refractivity (Wildman–Crippen MR) is 87.3 cm³/mol. The second kappa shape index (κ2) is 5.74. The predicted octanol–water partition coefficient (Wildman–Crippen LogP) is 3.05. The molecule has 0 aliphatic heterocycles. The van der Waals surface area contributed by atoms with E-state index in [1.165, 1.54) is 11.1 Å². The van der Waals surface area contributed by atoms with E-state index in [1.807, 2.05) is 18.2 Å². The van der Waals surface area contributed by atoms with Gasteiger partial charge in [0.15, 0.2) is 11.5 Å². The monoisotopic (exact) mass is 299 g/mol. The molecule has 0 saturated heterocycles. The maximum atomic E-state index is 5.91. The van der Waals surface area contributed by atoms with Crippen molar-refractivity contribution in [2.75, 3.05) is 13.7 Å². The molecular formula is C17H17NO2S. The van der Waals surface area contributed by atoms with Crippen LogP contribution in [0.1, 0.15) is 22.6 Å². The zero-order valence-electron chi connectivity index (χ0n) is 11.8. The van der Waals surface area contributed by atoms with Gasteiger partial charge in [-0.3, -0.25) is 0 Å². The van der Waals surface area contributed by atoms with Crippen molar-refractivity contribution < 1.29 is 9.47 Å². The van der Waals surface area contributed by atoms with Crippen LogP contribution in [0, 0.1) is 0 Å². The highest BCUT2D eigenvalue weighted by Crippen LogP contribution is 2.36. The quantitative estimate of drug-likeness (QED) is 0.862. The van der Waals surface area contributed by atoms with Crippen molar-refractivity contribution in [1.82, 2.24) is 0 Å². The zero-order chi connectivity index (χ0) is 14.8. The van der Waals surface area contributed by atoms with Gasteiger partial charge in [0.25, 0.3) is 0 Å². The molecule has 0 aromatic heterocycles. The van der Waals surface area contributed by atoms with Crippen LogP contribution in [0.5, 0.6) is 11.5 Å². The lowest BCUT2D eigenvalue weighted by atomic mass is 9.78. The average Bonchev–Trinajstić information content (AvgIpc) is 2.48. The van der Waals surface area contributed by atoms with E-state index in [0.717, 1.165) is 17.7 Å². The molecule has 1 aliphatic carbocycles. The van der Waals surface area contributed by atoms with Gasteiger partial charge < -0.3 is 15.2 Å². The van der Waals surface area contributed by atoms with Crippen LogP contribution in [-0.2, 0) is 6.42 Å². The molecule has 108 valence electrons. The smallest absolute Gasteiger partial charge is 0.161 e. The molecule has 4 heteroatoms. The molecule has 0 fully saturated rings. The third-order valence-electron chi connectivity index (χ3n) is 3.85. The van der Waals surface area contributed by atoms with E-state index in [0.29, 0.717) is 23.3 Å². The maximum absolute atomic E-state index is 5.91. The second-order valence-corrected chi connectivity index (χ2v) is 5.58. The molecule has 0 heterocycles.